The lowest BCUT2D eigenvalue weighted by Crippen LogP contribution is -2.41. The number of amides is 1. The number of carbonyl (C=O) groups is 1. The molecule has 104 valence electrons. The summed E-state index contributed by atoms with van der Waals surface area (Å²) in [5.74, 6) is 1.60. The molecule has 1 aliphatic carbocycles. The van der Waals surface area contributed by atoms with Crippen LogP contribution in [0.15, 0.2) is 0 Å². The molecule has 1 saturated carbocycles. The molecule has 0 aromatic heterocycles. The van der Waals surface area contributed by atoms with E-state index in [1.165, 1.54) is 32.1 Å². The summed E-state index contributed by atoms with van der Waals surface area (Å²) in [5.41, 5.74) is 0.361. The van der Waals surface area contributed by atoms with Crippen LogP contribution in [0.5, 0.6) is 0 Å². The molecule has 1 unspecified atom stereocenters. The van der Waals surface area contributed by atoms with E-state index in [2.05, 4.69) is 34.7 Å². The lowest BCUT2D eigenvalue weighted by molar-refractivity contribution is -0.129. The summed E-state index contributed by atoms with van der Waals surface area (Å²) in [7, 11) is 0. The number of carbonyl (C=O) groups excluding carboxylic acids is 1. The zero-order chi connectivity index (χ0) is 13.2. The molecule has 1 aliphatic heterocycles. The molecule has 0 N–H and O–H groups in total. The summed E-state index contributed by atoms with van der Waals surface area (Å²) in [6, 6.07) is 0. The van der Waals surface area contributed by atoms with E-state index in [1.807, 2.05) is 0 Å². The molecule has 2 rings (SSSR count). The van der Waals surface area contributed by atoms with E-state index < -0.39 is 0 Å². The highest BCUT2D eigenvalue weighted by atomic mass is 79.9. The van der Waals surface area contributed by atoms with Gasteiger partial charge >= 0.3 is 0 Å². The molecule has 1 heterocycles. The van der Waals surface area contributed by atoms with Crippen LogP contribution in [0.1, 0.15) is 52.4 Å². The summed E-state index contributed by atoms with van der Waals surface area (Å²) in [6.07, 6.45) is 7.39. The molecular formula is C15H26BrNO. The first kappa shape index (κ1) is 14.4. The van der Waals surface area contributed by atoms with Gasteiger partial charge in [-0.2, -0.15) is 0 Å². The highest BCUT2D eigenvalue weighted by Gasteiger charge is 2.38. The summed E-state index contributed by atoms with van der Waals surface area (Å²) in [4.78, 5) is 14.3. The molecule has 2 nitrogen and oxygen atoms in total. The standard InChI is InChI=1S/C15H26BrNO/c1-12(2)13-8-14(18)17(9-13)11-15(10-16)6-4-3-5-7-15/h12-13H,3-11H2,1-2H3. The van der Waals surface area contributed by atoms with Crippen LogP contribution >= 0.6 is 15.9 Å². The van der Waals surface area contributed by atoms with Crippen LogP contribution in [-0.2, 0) is 4.79 Å². The maximum absolute atomic E-state index is 12.1. The van der Waals surface area contributed by atoms with Crippen molar-refractivity contribution in [2.24, 2.45) is 17.3 Å². The van der Waals surface area contributed by atoms with E-state index in [4.69, 9.17) is 0 Å². The van der Waals surface area contributed by atoms with Gasteiger partial charge in [-0.3, -0.25) is 4.79 Å². The van der Waals surface area contributed by atoms with Crippen molar-refractivity contribution in [3.05, 3.63) is 0 Å². The number of likely N-dealkylation sites (tertiary alicyclic amines) is 1. The monoisotopic (exact) mass is 315 g/mol. The number of halogens is 1. The van der Waals surface area contributed by atoms with Crippen molar-refractivity contribution in [3.63, 3.8) is 0 Å². The molecule has 2 aliphatic rings. The number of alkyl halides is 1. The summed E-state index contributed by atoms with van der Waals surface area (Å²) in [6.45, 7) is 6.45. The SMILES string of the molecule is CC(C)C1CC(=O)N(CC2(CBr)CCCCC2)C1. The van der Waals surface area contributed by atoms with Crippen LogP contribution in [0.3, 0.4) is 0 Å². The first-order valence-corrected chi connectivity index (χ1v) is 8.52. The molecule has 2 fully saturated rings. The molecule has 0 bridgehead atoms. The van der Waals surface area contributed by atoms with E-state index >= 15 is 0 Å². The van der Waals surface area contributed by atoms with Crippen molar-refractivity contribution in [2.45, 2.75) is 52.4 Å². The fourth-order valence-corrected chi connectivity index (χ4v) is 4.18. The van der Waals surface area contributed by atoms with Gasteiger partial charge in [0, 0.05) is 24.8 Å². The topological polar surface area (TPSA) is 20.3 Å². The van der Waals surface area contributed by atoms with Crippen molar-refractivity contribution in [2.75, 3.05) is 18.4 Å². The second-order valence-corrected chi connectivity index (χ2v) is 7.24. The molecule has 1 amide bonds. The third kappa shape index (κ3) is 3.09. The van der Waals surface area contributed by atoms with E-state index in [-0.39, 0.29) is 0 Å². The predicted molar refractivity (Wildman–Crippen MR) is 78.8 cm³/mol. The van der Waals surface area contributed by atoms with Gasteiger partial charge < -0.3 is 4.90 Å². The Bertz CT molecular complexity index is 297. The summed E-state index contributed by atoms with van der Waals surface area (Å²) >= 11 is 3.70. The van der Waals surface area contributed by atoms with Crippen LogP contribution in [-0.4, -0.2) is 29.2 Å². The Morgan fingerprint density at radius 1 is 1.33 bits per heavy atom. The lowest BCUT2D eigenvalue weighted by Gasteiger charge is -2.39. The molecule has 3 heteroatoms. The van der Waals surface area contributed by atoms with Crippen LogP contribution in [0, 0.1) is 17.3 Å². The zero-order valence-corrected chi connectivity index (χ0v) is 13.3. The Morgan fingerprint density at radius 2 is 2.00 bits per heavy atom. The van der Waals surface area contributed by atoms with Crippen LogP contribution in [0.25, 0.3) is 0 Å². The van der Waals surface area contributed by atoms with Gasteiger partial charge in [-0.05, 0) is 30.1 Å². The van der Waals surface area contributed by atoms with Crippen molar-refractivity contribution < 1.29 is 4.79 Å². The van der Waals surface area contributed by atoms with Crippen LogP contribution in [0.2, 0.25) is 0 Å². The molecule has 0 radical (unpaired) electrons. The lowest BCUT2D eigenvalue weighted by atomic mass is 9.75. The normalized spacial score (nSPS) is 28.1. The Hall–Kier alpha value is -0.0500. The number of hydrogen-bond acceptors (Lipinski definition) is 1. The van der Waals surface area contributed by atoms with Crippen molar-refractivity contribution in [1.82, 2.24) is 4.90 Å². The predicted octanol–water partition coefficient (Wildman–Crippen LogP) is 3.84. The first-order valence-electron chi connectivity index (χ1n) is 7.40. The molecule has 0 spiro atoms. The minimum Gasteiger partial charge on any atom is -0.342 e. The van der Waals surface area contributed by atoms with E-state index in [0.717, 1.165) is 24.8 Å². The van der Waals surface area contributed by atoms with E-state index in [0.29, 0.717) is 23.2 Å². The zero-order valence-electron chi connectivity index (χ0n) is 11.8. The van der Waals surface area contributed by atoms with E-state index in [9.17, 15) is 4.79 Å². The quantitative estimate of drug-likeness (QED) is 0.722. The molecule has 1 saturated heterocycles. The third-order valence-corrected chi connectivity index (χ3v) is 6.10. The van der Waals surface area contributed by atoms with Crippen molar-refractivity contribution in [3.8, 4) is 0 Å². The fraction of sp³-hybridized carbons (Fsp3) is 0.933. The van der Waals surface area contributed by atoms with Gasteiger partial charge in [-0.15, -0.1) is 0 Å². The van der Waals surface area contributed by atoms with Gasteiger partial charge in [0.2, 0.25) is 5.91 Å². The van der Waals surface area contributed by atoms with Gasteiger partial charge in [0.05, 0.1) is 0 Å². The molecule has 0 aromatic carbocycles. The second kappa shape index (κ2) is 5.94. The summed E-state index contributed by atoms with van der Waals surface area (Å²) < 4.78 is 0. The largest absolute Gasteiger partial charge is 0.342 e. The van der Waals surface area contributed by atoms with Crippen LogP contribution in [0.4, 0.5) is 0 Å². The smallest absolute Gasteiger partial charge is 0.222 e. The molecule has 0 aromatic rings. The third-order valence-electron chi connectivity index (χ3n) is 4.91. The maximum atomic E-state index is 12.1. The molecule has 18 heavy (non-hydrogen) atoms. The van der Waals surface area contributed by atoms with Crippen molar-refractivity contribution in [1.29, 1.82) is 0 Å². The van der Waals surface area contributed by atoms with Crippen LogP contribution < -0.4 is 0 Å². The van der Waals surface area contributed by atoms with Crippen molar-refractivity contribution >= 4 is 21.8 Å². The average Bonchev–Trinajstić information content (AvgIpc) is 2.72. The maximum Gasteiger partial charge on any atom is 0.222 e. The number of rotatable bonds is 4. The Balaban J connectivity index is 1.97. The van der Waals surface area contributed by atoms with Gasteiger partial charge in [0.1, 0.15) is 0 Å². The Labute approximate surface area is 120 Å². The number of hydrogen-bond donors (Lipinski definition) is 0. The first-order chi connectivity index (χ1) is 8.56. The number of nitrogens with zero attached hydrogens (tertiary/aromatic N) is 1. The average molecular weight is 316 g/mol. The Morgan fingerprint density at radius 3 is 2.50 bits per heavy atom. The summed E-state index contributed by atoms with van der Waals surface area (Å²) in [5, 5.41) is 1.05. The van der Waals surface area contributed by atoms with Gasteiger partial charge in [-0.1, -0.05) is 49.0 Å². The molecule has 1 atom stereocenters. The Kier molecular flexibility index (Phi) is 4.74. The molecular weight excluding hydrogens is 290 g/mol. The van der Waals surface area contributed by atoms with Gasteiger partial charge in [0.15, 0.2) is 0 Å². The highest BCUT2D eigenvalue weighted by molar-refractivity contribution is 9.09. The minimum absolute atomic E-state index is 0.361. The fourth-order valence-electron chi connectivity index (χ4n) is 3.44. The van der Waals surface area contributed by atoms with Gasteiger partial charge in [0.25, 0.3) is 0 Å². The second-order valence-electron chi connectivity index (χ2n) is 6.68. The van der Waals surface area contributed by atoms with E-state index in [1.54, 1.807) is 0 Å². The highest BCUT2D eigenvalue weighted by Crippen LogP contribution is 2.40. The van der Waals surface area contributed by atoms with Gasteiger partial charge in [-0.25, -0.2) is 0 Å². The minimum atomic E-state index is 0.361.